The highest BCUT2D eigenvalue weighted by Gasteiger charge is 2.23. The number of carbonyl (C=O) groups excluding carboxylic acids is 2. The molecule has 0 saturated carbocycles. The average molecular weight is 355 g/mol. The summed E-state index contributed by atoms with van der Waals surface area (Å²) in [6, 6.07) is 12.6. The molecule has 0 radical (unpaired) electrons. The van der Waals surface area contributed by atoms with E-state index in [4.69, 9.17) is 0 Å². The molecule has 5 nitrogen and oxygen atoms in total. The van der Waals surface area contributed by atoms with E-state index >= 15 is 0 Å². The second kappa shape index (κ2) is 8.10. The molecule has 2 aromatic rings. The summed E-state index contributed by atoms with van der Waals surface area (Å²) in [5.41, 5.74) is 1.99. The van der Waals surface area contributed by atoms with Crippen LogP contribution in [-0.2, 0) is 4.79 Å². The molecule has 0 aromatic heterocycles. The molecule has 1 heterocycles. The minimum Gasteiger partial charge on any atom is -0.349 e. The van der Waals surface area contributed by atoms with Gasteiger partial charge in [-0.1, -0.05) is 12.1 Å². The van der Waals surface area contributed by atoms with Crippen LogP contribution in [-0.4, -0.2) is 24.9 Å². The van der Waals surface area contributed by atoms with Crippen LogP contribution >= 0.6 is 0 Å². The van der Waals surface area contributed by atoms with E-state index in [1.165, 1.54) is 24.3 Å². The molecule has 2 unspecified atom stereocenters. The maximum Gasteiger partial charge on any atom is 0.255 e. The van der Waals surface area contributed by atoms with Crippen LogP contribution in [0.5, 0.6) is 0 Å². The van der Waals surface area contributed by atoms with Crippen molar-refractivity contribution in [2.75, 3.05) is 18.4 Å². The van der Waals surface area contributed by atoms with Gasteiger partial charge in [0.1, 0.15) is 5.82 Å². The van der Waals surface area contributed by atoms with E-state index in [-0.39, 0.29) is 29.6 Å². The molecule has 6 heteroatoms. The minimum atomic E-state index is -0.379. The van der Waals surface area contributed by atoms with Crippen LogP contribution in [0.1, 0.15) is 35.3 Å². The Bertz CT molecular complexity index is 769. The fourth-order valence-corrected chi connectivity index (χ4v) is 2.95. The van der Waals surface area contributed by atoms with Crippen molar-refractivity contribution >= 4 is 17.5 Å². The van der Waals surface area contributed by atoms with Crippen molar-refractivity contribution in [3.8, 4) is 0 Å². The van der Waals surface area contributed by atoms with Gasteiger partial charge in [0.15, 0.2) is 0 Å². The lowest BCUT2D eigenvalue weighted by molar-refractivity contribution is -0.125. The van der Waals surface area contributed by atoms with Crippen molar-refractivity contribution < 1.29 is 14.0 Å². The summed E-state index contributed by atoms with van der Waals surface area (Å²) in [5.74, 6) is -0.578. The lowest BCUT2D eigenvalue weighted by Crippen LogP contribution is -2.33. The van der Waals surface area contributed by atoms with Gasteiger partial charge in [-0.05, 0) is 61.9 Å². The average Bonchev–Trinajstić information content (AvgIpc) is 3.17. The Morgan fingerprint density at radius 2 is 1.81 bits per heavy atom. The molecule has 0 bridgehead atoms. The molecule has 136 valence electrons. The molecule has 2 atom stereocenters. The highest BCUT2D eigenvalue weighted by Crippen LogP contribution is 2.18. The van der Waals surface area contributed by atoms with E-state index < -0.39 is 0 Å². The number of rotatable bonds is 5. The van der Waals surface area contributed by atoms with E-state index in [1.54, 1.807) is 12.1 Å². The van der Waals surface area contributed by atoms with E-state index in [0.29, 0.717) is 11.3 Å². The number of benzene rings is 2. The zero-order valence-corrected chi connectivity index (χ0v) is 14.6. The summed E-state index contributed by atoms with van der Waals surface area (Å²) in [7, 11) is 0. The Kier molecular flexibility index (Phi) is 5.63. The Balaban J connectivity index is 1.58. The smallest absolute Gasteiger partial charge is 0.255 e. The van der Waals surface area contributed by atoms with Crippen LogP contribution in [0.4, 0.5) is 10.1 Å². The Labute approximate surface area is 152 Å². The number of carbonyl (C=O) groups is 2. The molecule has 1 fully saturated rings. The number of hydrogen-bond acceptors (Lipinski definition) is 3. The van der Waals surface area contributed by atoms with Gasteiger partial charge in [-0.15, -0.1) is 0 Å². The Hall–Kier alpha value is -2.73. The van der Waals surface area contributed by atoms with Crippen molar-refractivity contribution in [2.45, 2.75) is 19.4 Å². The molecule has 3 rings (SSSR count). The highest BCUT2D eigenvalue weighted by molar-refractivity contribution is 6.04. The molecule has 1 aliphatic rings. The number of anilines is 1. The van der Waals surface area contributed by atoms with Crippen LogP contribution in [0.15, 0.2) is 48.5 Å². The fraction of sp³-hybridized carbons (Fsp3) is 0.300. The van der Waals surface area contributed by atoms with Crippen LogP contribution in [0, 0.1) is 11.7 Å². The molecule has 2 amide bonds. The first kappa shape index (κ1) is 18.1. The van der Waals surface area contributed by atoms with Gasteiger partial charge in [0.05, 0.1) is 12.0 Å². The molecular formula is C20H22FN3O2. The lowest BCUT2D eigenvalue weighted by Gasteiger charge is -2.17. The normalized spacial score (nSPS) is 17.5. The predicted octanol–water partition coefficient (Wildman–Crippen LogP) is 2.86. The topological polar surface area (TPSA) is 70.2 Å². The zero-order chi connectivity index (χ0) is 18.5. The summed E-state index contributed by atoms with van der Waals surface area (Å²) in [6.45, 7) is 3.55. The van der Waals surface area contributed by atoms with E-state index in [9.17, 15) is 14.0 Å². The third-order valence-electron chi connectivity index (χ3n) is 4.56. The van der Waals surface area contributed by atoms with E-state index in [2.05, 4.69) is 16.0 Å². The SMILES string of the molecule is CC(NC(=O)C1CCNC1)c1ccc(NC(=O)c2ccc(F)cc2)cc1. The van der Waals surface area contributed by atoms with Gasteiger partial charge in [-0.25, -0.2) is 4.39 Å². The van der Waals surface area contributed by atoms with Crippen molar-refractivity contribution in [2.24, 2.45) is 5.92 Å². The van der Waals surface area contributed by atoms with Crippen LogP contribution < -0.4 is 16.0 Å². The van der Waals surface area contributed by atoms with Crippen molar-refractivity contribution in [1.82, 2.24) is 10.6 Å². The second-order valence-electron chi connectivity index (χ2n) is 6.50. The second-order valence-corrected chi connectivity index (χ2v) is 6.50. The summed E-state index contributed by atoms with van der Waals surface area (Å²) in [5, 5.41) is 8.99. The molecular weight excluding hydrogens is 333 g/mol. The van der Waals surface area contributed by atoms with Crippen LogP contribution in [0.2, 0.25) is 0 Å². The first-order valence-electron chi connectivity index (χ1n) is 8.71. The number of halogens is 1. The van der Waals surface area contributed by atoms with Gasteiger partial charge in [0.2, 0.25) is 5.91 Å². The molecule has 1 saturated heterocycles. The number of hydrogen-bond donors (Lipinski definition) is 3. The molecule has 1 aliphatic heterocycles. The van der Waals surface area contributed by atoms with Gasteiger partial charge in [0.25, 0.3) is 5.91 Å². The molecule has 26 heavy (non-hydrogen) atoms. The summed E-state index contributed by atoms with van der Waals surface area (Å²) >= 11 is 0. The summed E-state index contributed by atoms with van der Waals surface area (Å²) < 4.78 is 12.9. The Morgan fingerprint density at radius 1 is 1.12 bits per heavy atom. The Morgan fingerprint density at radius 3 is 2.42 bits per heavy atom. The van der Waals surface area contributed by atoms with Crippen LogP contribution in [0.3, 0.4) is 0 Å². The zero-order valence-electron chi connectivity index (χ0n) is 14.6. The van der Waals surface area contributed by atoms with Gasteiger partial charge in [-0.2, -0.15) is 0 Å². The van der Waals surface area contributed by atoms with Gasteiger partial charge < -0.3 is 16.0 Å². The van der Waals surface area contributed by atoms with Crippen molar-refractivity contribution in [1.29, 1.82) is 0 Å². The maximum absolute atomic E-state index is 12.9. The van der Waals surface area contributed by atoms with Gasteiger partial charge in [-0.3, -0.25) is 9.59 Å². The van der Waals surface area contributed by atoms with Crippen LogP contribution in [0.25, 0.3) is 0 Å². The number of amides is 2. The molecule has 2 aromatic carbocycles. The number of nitrogens with one attached hydrogen (secondary N) is 3. The highest BCUT2D eigenvalue weighted by atomic mass is 19.1. The van der Waals surface area contributed by atoms with Crippen molar-refractivity contribution in [3.63, 3.8) is 0 Å². The third-order valence-corrected chi connectivity index (χ3v) is 4.56. The quantitative estimate of drug-likeness (QED) is 0.772. The largest absolute Gasteiger partial charge is 0.349 e. The third kappa shape index (κ3) is 4.46. The fourth-order valence-electron chi connectivity index (χ4n) is 2.95. The lowest BCUT2D eigenvalue weighted by atomic mass is 10.0. The van der Waals surface area contributed by atoms with E-state index in [1.807, 2.05) is 19.1 Å². The van der Waals surface area contributed by atoms with Gasteiger partial charge >= 0.3 is 0 Å². The summed E-state index contributed by atoms with van der Waals surface area (Å²) in [6.07, 6.45) is 0.868. The first-order chi connectivity index (χ1) is 12.5. The molecule has 0 spiro atoms. The predicted molar refractivity (Wildman–Crippen MR) is 98.3 cm³/mol. The van der Waals surface area contributed by atoms with E-state index in [0.717, 1.165) is 25.1 Å². The first-order valence-corrected chi connectivity index (χ1v) is 8.71. The molecule has 0 aliphatic carbocycles. The maximum atomic E-state index is 12.9. The monoisotopic (exact) mass is 355 g/mol. The van der Waals surface area contributed by atoms with Gasteiger partial charge in [0, 0.05) is 17.8 Å². The molecule has 3 N–H and O–H groups in total. The standard InChI is InChI=1S/C20H22FN3O2/c1-13(23-20(26)16-10-11-22-12-16)14-4-8-18(9-5-14)24-19(25)15-2-6-17(21)7-3-15/h2-9,13,16,22H,10-12H2,1H3,(H,23,26)(H,24,25). The minimum absolute atomic E-state index is 0.0340. The summed E-state index contributed by atoms with van der Waals surface area (Å²) in [4.78, 5) is 24.3. The van der Waals surface area contributed by atoms with Crippen molar-refractivity contribution in [3.05, 3.63) is 65.5 Å².